The number of rotatable bonds is 2. The van der Waals surface area contributed by atoms with Gasteiger partial charge in [0.05, 0.1) is 5.39 Å². The molecular formula is C12H7N3O3S. The predicted molar refractivity (Wildman–Crippen MR) is 70.0 cm³/mol. The Morgan fingerprint density at radius 3 is 2.89 bits per heavy atom. The summed E-state index contributed by atoms with van der Waals surface area (Å²) in [5, 5.41) is 11.1. The van der Waals surface area contributed by atoms with E-state index in [4.69, 9.17) is 5.11 Å². The molecule has 94 valence electrons. The average Bonchev–Trinajstić information content (AvgIpc) is 2.93. The Kier molecular flexibility index (Phi) is 2.60. The zero-order chi connectivity index (χ0) is 13.4. The van der Waals surface area contributed by atoms with E-state index >= 15 is 0 Å². The minimum atomic E-state index is -1.26. The quantitative estimate of drug-likeness (QED) is 0.765. The standard InChI is InChI=1S/C12H7N3O3S/c16-10-7-2-1-4-13-11(7)15(6-8(10)12(17)18)9-3-5-19-14-9/h1-6H,(H,17,18). The lowest BCUT2D eigenvalue weighted by molar-refractivity contribution is 0.0695. The summed E-state index contributed by atoms with van der Waals surface area (Å²) in [4.78, 5) is 27.3. The highest BCUT2D eigenvalue weighted by molar-refractivity contribution is 7.03. The molecule has 3 rings (SSSR count). The van der Waals surface area contributed by atoms with E-state index in [0.717, 1.165) is 0 Å². The molecule has 0 saturated carbocycles. The monoisotopic (exact) mass is 273 g/mol. The number of carboxylic acids is 1. The summed E-state index contributed by atoms with van der Waals surface area (Å²) >= 11 is 1.24. The number of nitrogens with zero attached hydrogens (tertiary/aromatic N) is 3. The molecule has 0 fully saturated rings. The second-order valence-corrected chi connectivity index (χ2v) is 4.44. The Labute approximate surface area is 110 Å². The first-order chi connectivity index (χ1) is 9.18. The first kappa shape index (κ1) is 11.5. The van der Waals surface area contributed by atoms with Crippen molar-refractivity contribution in [1.82, 2.24) is 13.9 Å². The van der Waals surface area contributed by atoms with E-state index in [0.29, 0.717) is 11.5 Å². The first-order valence-corrected chi connectivity index (χ1v) is 6.16. The normalized spacial score (nSPS) is 10.7. The maximum Gasteiger partial charge on any atom is 0.341 e. The van der Waals surface area contributed by atoms with Gasteiger partial charge in [-0.1, -0.05) is 0 Å². The second-order valence-electron chi connectivity index (χ2n) is 3.78. The van der Waals surface area contributed by atoms with Gasteiger partial charge in [-0.2, -0.15) is 4.37 Å². The number of pyridine rings is 2. The lowest BCUT2D eigenvalue weighted by Crippen LogP contribution is -2.18. The topological polar surface area (TPSA) is 85.1 Å². The maximum atomic E-state index is 12.0. The van der Waals surface area contributed by atoms with Crippen LogP contribution in [0, 0.1) is 0 Å². The molecule has 3 aromatic heterocycles. The fraction of sp³-hybridized carbons (Fsp3) is 0. The Hall–Kier alpha value is -2.54. The van der Waals surface area contributed by atoms with Gasteiger partial charge in [0.25, 0.3) is 0 Å². The Balaban J connectivity index is 2.48. The maximum absolute atomic E-state index is 12.0. The van der Waals surface area contributed by atoms with Crippen LogP contribution in [-0.4, -0.2) is 25.0 Å². The van der Waals surface area contributed by atoms with Crippen LogP contribution >= 0.6 is 11.5 Å². The van der Waals surface area contributed by atoms with Crippen LogP contribution in [0.3, 0.4) is 0 Å². The van der Waals surface area contributed by atoms with Gasteiger partial charge >= 0.3 is 5.97 Å². The van der Waals surface area contributed by atoms with Gasteiger partial charge in [0.2, 0.25) is 5.43 Å². The van der Waals surface area contributed by atoms with Crippen molar-refractivity contribution in [2.45, 2.75) is 0 Å². The fourth-order valence-corrected chi connectivity index (χ4v) is 2.32. The molecule has 0 bridgehead atoms. The highest BCUT2D eigenvalue weighted by Crippen LogP contribution is 2.15. The molecule has 7 heteroatoms. The molecule has 0 aromatic carbocycles. The number of carboxylic acid groups (broad SMARTS) is 1. The summed E-state index contributed by atoms with van der Waals surface area (Å²) in [6.45, 7) is 0. The Morgan fingerprint density at radius 1 is 1.37 bits per heavy atom. The van der Waals surface area contributed by atoms with Crippen LogP contribution in [0.4, 0.5) is 0 Å². The summed E-state index contributed by atoms with van der Waals surface area (Å²) in [6, 6.07) is 4.88. The molecule has 1 N–H and O–H groups in total. The molecule has 0 aliphatic heterocycles. The van der Waals surface area contributed by atoms with E-state index in [2.05, 4.69) is 9.36 Å². The summed E-state index contributed by atoms with van der Waals surface area (Å²) in [5.74, 6) is -0.726. The van der Waals surface area contributed by atoms with Crippen LogP contribution < -0.4 is 5.43 Å². The minimum Gasteiger partial charge on any atom is -0.477 e. The number of hydrogen-bond acceptors (Lipinski definition) is 5. The molecule has 0 amide bonds. The zero-order valence-corrected chi connectivity index (χ0v) is 10.3. The van der Waals surface area contributed by atoms with Crippen molar-refractivity contribution in [3.8, 4) is 5.82 Å². The minimum absolute atomic E-state index is 0.260. The van der Waals surface area contributed by atoms with Crippen LogP contribution in [0.1, 0.15) is 10.4 Å². The van der Waals surface area contributed by atoms with E-state index in [1.807, 2.05) is 0 Å². The van der Waals surface area contributed by atoms with Crippen LogP contribution in [-0.2, 0) is 0 Å². The molecule has 0 unspecified atom stereocenters. The smallest absolute Gasteiger partial charge is 0.341 e. The molecule has 0 saturated heterocycles. The van der Waals surface area contributed by atoms with E-state index in [1.54, 1.807) is 29.8 Å². The van der Waals surface area contributed by atoms with E-state index in [1.165, 1.54) is 22.3 Å². The third-order valence-corrected chi connectivity index (χ3v) is 3.21. The molecular weight excluding hydrogens is 266 g/mol. The molecule has 0 aliphatic carbocycles. The van der Waals surface area contributed by atoms with E-state index in [-0.39, 0.29) is 10.9 Å². The van der Waals surface area contributed by atoms with Crippen molar-refractivity contribution >= 4 is 28.5 Å². The Bertz CT molecular complexity index is 824. The van der Waals surface area contributed by atoms with Gasteiger partial charge in [-0.05, 0) is 29.7 Å². The van der Waals surface area contributed by atoms with Gasteiger partial charge in [-0.15, -0.1) is 0 Å². The van der Waals surface area contributed by atoms with Crippen molar-refractivity contribution in [2.75, 3.05) is 0 Å². The van der Waals surface area contributed by atoms with Gasteiger partial charge in [0.15, 0.2) is 5.82 Å². The molecule has 0 atom stereocenters. The third-order valence-electron chi connectivity index (χ3n) is 2.66. The summed E-state index contributed by atoms with van der Waals surface area (Å²) in [6.07, 6.45) is 2.81. The van der Waals surface area contributed by atoms with E-state index in [9.17, 15) is 9.59 Å². The number of hydrogen-bond donors (Lipinski definition) is 1. The van der Waals surface area contributed by atoms with Gasteiger partial charge in [0.1, 0.15) is 11.2 Å². The van der Waals surface area contributed by atoms with Crippen LogP contribution in [0.15, 0.2) is 40.8 Å². The lowest BCUT2D eigenvalue weighted by atomic mass is 10.2. The third kappa shape index (κ3) is 1.80. The van der Waals surface area contributed by atoms with Crippen LogP contribution in [0.2, 0.25) is 0 Å². The fourth-order valence-electron chi connectivity index (χ4n) is 1.82. The molecule has 0 aliphatic rings. The van der Waals surface area contributed by atoms with Crippen molar-refractivity contribution in [3.63, 3.8) is 0 Å². The van der Waals surface area contributed by atoms with Crippen LogP contribution in [0.25, 0.3) is 16.9 Å². The molecule has 0 radical (unpaired) electrons. The number of aromatic carboxylic acids is 1. The van der Waals surface area contributed by atoms with Gasteiger partial charge < -0.3 is 5.11 Å². The van der Waals surface area contributed by atoms with Crippen molar-refractivity contribution in [1.29, 1.82) is 0 Å². The first-order valence-electron chi connectivity index (χ1n) is 5.33. The largest absolute Gasteiger partial charge is 0.477 e. The summed E-state index contributed by atoms with van der Waals surface area (Å²) in [7, 11) is 0. The van der Waals surface area contributed by atoms with Gasteiger partial charge in [0, 0.05) is 17.8 Å². The SMILES string of the molecule is O=C(O)c1cn(-c2ccsn2)c2ncccc2c1=O. The molecule has 6 nitrogen and oxygen atoms in total. The van der Waals surface area contributed by atoms with Crippen molar-refractivity contribution in [2.24, 2.45) is 0 Å². The van der Waals surface area contributed by atoms with Crippen molar-refractivity contribution < 1.29 is 9.90 Å². The number of carbonyl (C=O) groups is 1. The zero-order valence-electron chi connectivity index (χ0n) is 9.48. The summed E-state index contributed by atoms with van der Waals surface area (Å²) in [5.41, 5.74) is -0.445. The van der Waals surface area contributed by atoms with Gasteiger partial charge in [-0.3, -0.25) is 9.36 Å². The van der Waals surface area contributed by atoms with Crippen molar-refractivity contribution in [3.05, 3.63) is 51.8 Å². The average molecular weight is 273 g/mol. The second kappa shape index (κ2) is 4.29. The molecule has 3 aromatic rings. The van der Waals surface area contributed by atoms with E-state index < -0.39 is 11.4 Å². The predicted octanol–water partition coefficient (Wildman–Crippen LogP) is 1.54. The lowest BCUT2D eigenvalue weighted by Gasteiger charge is -2.08. The Morgan fingerprint density at radius 2 is 2.21 bits per heavy atom. The number of aromatic nitrogens is 3. The molecule has 19 heavy (non-hydrogen) atoms. The molecule has 0 spiro atoms. The molecule has 3 heterocycles. The van der Waals surface area contributed by atoms with Crippen LogP contribution in [0.5, 0.6) is 0 Å². The highest BCUT2D eigenvalue weighted by Gasteiger charge is 2.16. The number of fused-ring (bicyclic) bond motifs is 1. The summed E-state index contributed by atoms with van der Waals surface area (Å²) < 4.78 is 5.65. The highest BCUT2D eigenvalue weighted by atomic mass is 32.1. The van der Waals surface area contributed by atoms with Gasteiger partial charge in [-0.25, -0.2) is 9.78 Å².